The van der Waals surface area contributed by atoms with Gasteiger partial charge < -0.3 is 0 Å². The molecule has 2 rings (SSSR count). The predicted octanol–water partition coefficient (Wildman–Crippen LogP) is 3.23. The van der Waals surface area contributed by atoms with Crippen LogP contribution >= 0.6 is 0 Å². The number of Topliss-reactive ketones (excluding diaryl/α,β-unsaturated/α-hetero) is 1. The lowest BCUT2D eigenvalue weighted by Crippen LogP contribution is -2.09. The van der Waals surface area contributed by atoms with E-state index in [-0.39, 0.29) is 5.78 Å². The predicted molar refractivity (Wildman–Crippen MR) is 74.7 cm³/mol. The molecule has 3 nitrogen and oxygen atoms in total. The van der Waals surface area contributed by atoms with Gasteiger partial charge in [-0.2, -0.15) is 0 Å². The van der Waals surface area contributed by atoms with Gasteiger partial charge in [-0.15, -0.1) is 0 Å². The fourth-order valence-corrected chi connectivity index (χ4v) is 1.81. The van der Waals surface area contributed by atoms with Crippen molar-refractivity contribution in [3.05, 3.63) is 78.0 Å². The Kier molecular flexibility index (Phi) is 4.11. The van der Waals surface area contributed by atoms with E-state index in [4.69, 9.17) is 0 Å². The van der Waals surface area contributed by atoms with Crippen LogP contribution in [0.1, 0.15) is 15.9 Å². The Labute approximate surface area is 112 Å². The first kappa shape index (κ1) is 13.1. The molecule has 0 saturated carbocycles. The van der Waals surface area contributed by atoms with Crippen LogP contribution in [0, 0.1) is 0 Å². The van der Waals surface area contributed by atoms with Gasteiger partial charge in [-0.1, -0.05) is 60.7 Å². The van der Waals surface area contributed by atoms with E-state index in [0.29, 0.717) is 11.1 Å². The van der Waals surface area contributed by atoms with E-state index >= 15 is 0 Å². The Morgan fingerprint density at radius 2 is 1.42 bits per heavy atom. The van der Waals surface area contributed by atoms with Gasteiger partial charge in [-0.3, -0.25) is 15.1 Å². The van der Waals surface area contributed by atoms with Crippen molar-refractivity contribution in [2.75, 3.05) is 7.05 Å². The van der Waals surface area contributed by atoms with Crippen molar-refractivity contribution in [3.63, 3.8) is 0 Å². The maximum absolute atomic E-state index is 12.5. The number of carbonyl (C=O) groups is 1. The van der Waals surface area contributed by atoms with Gasteiger partial charge >= 0.3 is 0 Å². The first-order valence-corrected chi connectivity index (χ1v) is 5.97. The number of rotatable bonds is 4. The van der Waals surface area contributed by atoms with Crippen LogP contribution in [-0.4, -0.2) is 23.1 Å². The monoisotopic (exact) mass is 253 g/mol. The number of benzene rings is 2. The van der Waals surface area contributed by atoms with Crippen LogP contribution in [0.3, 0.4) is 0 Å². The fourth-order valence-electron chi connectivity index (χ4n) is 1.81. The van der Waals surface area contributed by atoms with E-state index in [1.54, 1.807) is 12.1 Å². The smallest absolute Gasteiger partial charge is 0.195 e. The van der Waals surface area contributed by atoms with Crippen LogP contribution < -0.4 is 0 Å². The molecule has 0 radical (unpaired) electrons. The molecule has 0 atom stereocenters. The number of allylic oxidation sites excluding steroid dienone is 1. The molecule has 0 heterocycles. The van der Waals surface area contributed by atoms with E-state index in [0.717, 1.165) is 10.6 Å². The topological polar surface area (TPSA) is 40.5 Å². The standard InChI is InChI=1S/C16H15NO2/c1-17(19)12-15(13-8-4-2-5-9-13)16(18)14-10-6-3-7-11-14/h2-12,19H,1H3/b15-12-. The van der Waals surface area contributed by atoms with Gasteiger partial charge in [0, 0.05) is 24.4 Å². The number of hydrogen-bond acceptors (Lipinski definition) is 3. The Hall–Kier alpha value is -2.39. The summed E-state index contributed by atoms with van der Waals surface area (Å²) < 4.78 is 0. The molecule has 19 heavy (non-hydrogen) atoms. The maximum atomic E-state index is 12.5. The summed E-state index contributed by atoms with van der Waals surface area (Å²) in [4.78, 5) is 12.5. The maximum Gasteiger partial charge on any atom is 0.195 e. The number of nitrogens with zero attached hydrogens (tertiary/aromatic N) is 1. The third-order valence-electron chi connectivity index (χ3n) is 2.68. The first-order chi connectivity index (χ1) is 9.18. The molecule has 0 amide bonds. The molecule has 0 spiro atoms. The molecular weight excluding hydrogens is 238 g/mol. The summed E-state index contributed by atoms with van der Waals surface area (Å²) in [7, 11) is 1.47. The summed E-state index contributed by atoms with van der Waals surface area (Å²) in [5.41, 5.74) is 1.83. The molecule has 0 aliphatic heterocycles. The lowest BCUT2D eigenvalue weighted by molar-refractivity contribution is -0.0123. The molecule has 0 fully saturated rings. The molecule has 2 aromatic carbocycles. The second-order valence-electron chi connectivity index (χ2n) is 4.18. The Bertz CT molecular complexity index is 574. The number of carbonyl (C=O) groups excluding carboxylic acids is 1. The van der Waals surface area contributed by atoms with Crippen molar-refractivity contribution in [2.45, 2.75) is 0 Å². The van der Waals surface area contributed by atoms with Crippen molar-refractivity contribution < 1.29 is 10.0 Å². The molecule has 0 saturated heterocycles. The highest BCUT2D eigenvalue weighted by molar-refractivity contribution is 6.28. The fraction of sp³-hybridized carbons (Fsp3) is 0.0625. The highest BCUT2D eigenvalue weighted by Gasteiger charge is 2.14. The lowest BCUT2D eigenvalue weighted by atomic mass is 9.97. The van der Waals surface area contributed by atoms with Crippen molar-refractivity contribution in [3.8, 4) is 0 Å². The molecule has 0 aliphatic rings. The lowest BCUT2D eigenvalue weighted by Gasteiger charge is -2.10. The van der Waals surface area contributed by atoms with Gasteiger partial charge in [-0.05, 0) is 5.56 Å². The van der Waals surface area contributed by atoms with E-state index in [9.17, 15) is 10.0 Å². The minimum absolute atomic E-state index is 0.118. The van der Waals surface area contributed by atoms with E-state index < -0.39 is 0 Å². The molecule has 96 valence electrons. The molecule has 3 heteroatoms. The van der Waals surface area contributed by atoms with Crippen molar-refractivity contribution >= 4 is 11.4 Å². The summed E-state index contributed by atoms with van der Waals surface area (Å²) in [6.45, 7) is 0. The Morgan fingerprint density at radius 1 is 0.947 bits per heavy atom. The Morgan fingerprint density at radius 3 is 1.89 bits per heavy atom. The summed E-state index contributed by atoms with van der Waals surface area (Å²) >= 11 is 0. The van der Waals surface area contributed by atoms with Crippen LogP contribution in [0.4, 0.5) is 0 Å². The van der Waals surface area contributed by atoms with Crippen LogP contribution in [0.5, 0.6) is 0 Å². The number of hydrogen-bond donors (Lipinski definition) is 1. The van der Waals surface area contributed by atoms with Crippen LogP contribution in [-0.2, 0) is 0 Å². The zero-order valence-corrected chi connectivity index (χ0v) is 10.7. The van der Waals surface area contributed by atoms with Gasteiger partial charge in [0.15, 0.2) is 5.78 Å². The van der Waals surface area contributed by atoms with Gasteiger partial charge in [0.1, 0.15) is 0 Å². The molecule has 2 aromatic rings. The zero-order valence-electron chi connectivity index (χ0n) is 10.7. The van der Waals surface area contributed by atoms with Gasteiger partial charge in [0.25, 0.3) is 0 Å². The number of hydroxylamine groups is 2. The third kappa shape index (κ3) is 3.30. The first-order valence-electron chi connectivity index (χ1n) is 5.97. The minimum Gasteiger partial charge on any atom is -0.289 e. The SMILES string of the molecule is CN(O)/C=C(\C(=O)c1ccccc1)c1ccccc1. The second kappa shape index (κ2) is 5.98. The normalized spacial score (nSPS) is 11.2. The Balaban J connectivity index is 2.43. The third-order valence-corrected chi connectivity index (χ3v) is 2.68. The summed E-state index contributed by atoms with van der Waals surface area (Å²) in [5, 5.41) is 10.3. The quantitative estimate of drug-likeness (QED) is 0.516. The van der Waals surface area contributed by atoms with E-state index in [1.165, 1.54) is 13.2 Å². The molecule has 0 unspecified atom stereocenters. The van der Waals surface area contributed by atoms with Crippen LogP contribution in [0.25, 0.3) is 5.57 Å². The van der Waals surface area contributed by atoms with Crippen molar-refractivity contribution in [1.82, 2.24) is 5.06 Å². The van der Waals surface area contributed by atoms with Gasteiger partial charge in [0.05, 0.1) is 0 Å². The summed E-state index contributed by atoms with van der Waals surface area (Å²) in [5.74, 6) is -0.118. The number of ketones is 1. The summed E-state index contributed by atoms with van der Waals surface area (Å²) in [6, 6.07) is 18.3. The van der Waals surface area contributed by atoms with Crippen molar-refractivity contribution in [2.24, 2.45) is 0 Å². The van der Waals surface area contributed by atoms with Crippen LogP contribution in [0.2, 0.25) is 0 Å². The van der Waals surface area contributed by atoms with Crippen LogP contribution in [0.15, 0.2) is 66.9 Å². The molecular formula is C16H15NO2. The average molecular weight is 253 g/mol. The molecule has 0 aliphatic carbocycles. The molecule has 0 aromatic heterocycles. The van der Waals surface area contributed by atoms with Gasteiger partial charge in [0.2, 0.25) is 0 Å². The summed E-state index contributed by atoms with van der Waals surface area (Å²) in [6.07, 6.45) is 1.42. The van der Waals surface area contributed by atoms with Crippen molar-refractivity contribution in [1.29, 1.82) is 0 Å². The highest BCUT2D eigenvalue weighted by Crippen LogP contribution is 2.20. The van der Waals surface area contributed by atoms with E-state index in [2.05, 4.69) is 0 Å². The largest absolute Gasteiger partial charge is 0.289 e. The molecule has 1 N–H and O–H groups in total. The van der Waals surface area contributed by atoms with Gasteiger partial charge in [-0.25, -0.2) is 0 Å². The molecule has 0 bridgehead atoms. The zero-order chi connectivity index (χ0) is 13.7. The minimum atomic E-state index is -0.118. The average Bonchev–Trinajstić information content (AvgIpc) is 2.46. The van der Waals surface area contributed by atoms with E-state index in [1.807, 2.05) is 48.5 Å². The highest BCUT2D eigenvalue weighted by atomic mass is 16.5. The second-order valence-corrected chi connectivity index (χ2v) is 4.18.